The van der Waals surface area contributed by atoms with Crippen LogP contribution in [0.1, 0.15) is 37.7 Å². The lowest BCUT2D eigenvalue weighted by molar-refractivity contribution is -0.122. The van der Waals surface area contributed by atoms with E-state index < -0.39 is 5.54 Å². The Balaban J connectivity index is 0.00000200. The van der Waals surface area contributed by atoms with Gasteiger partial charge in [0.2, 0.25) is 5.91 Å². The van der Waals surface area contributed by atoms with Gasteiger partial charge in [-0.15, -0.1) is 12.4 Å². The standard InChI is InChI=1S/C15H22N2O2.ClH/c1-11-10-12(19-2)6-7-13(11)17-14(18)15(16)8-4-3-5-9-15;/h6-7,10H,3-5,8-9,16H2,1-2H3,(H,17,18);1H. The van der Waals surface area contributed by atoms with E-state index in [9.17, 15) is 4.79 Å². The van der Waals surface area contributed by atoms with Crippen LogP contribution in [0.3, 0.4) is 0 Å². The molecule has 1 amide bonds. The maximum Gasteiger partial charge on any atom is 0.244 e. The summed E-state index contributed by atoms with van der Waals surface area (Å²) in [4.78, 5) is 12.3. The quantitative estimate of drug-likeness (QED) is 0.901. The van der Waals surface area contributed by atoms with Crippen LogP contribution in [0.25, 0.3) is 0 Å². The van der Waals surface area contributed by atoms with Crippen LogP contribution in [0.2, 0.25) is 0 Å². The first-order chi connectivity index (χ1) is 9.05. The highest BCUT2D eigenvalue weighted by atomic mass is 35.5. The van der Waals surface area contributed by atoms with Crippen molar-refractivity contribution < 1.29 is 9.53 Å². The predicted octanol–water partition coefficient (Wildman–Crippen LogP) is 3.03. The van der Waals surface area contributed by atoms with Crippen molar-refractivity contribution in [3.05, 3.63) is 23.8 Å². The molecule has 112 valence electrons. The number of ether oxygens (including phenoxy) is 1. The fourth-order valence-electron chi connectivity index (χ4n) is 2.56. The predicted molar refractivity (Wildman–Crippen MR) is 83.6 cm³/mol. The van der Waals surface area contributed by atoms with Crippen molar-refractivity contribution in [2.24, 2.45) is 5.73 Å². The van der Waals surface area contributed by atoms with Crippen LogP contribution in [-0.4, -0.2) is 18.6 Å². The molecule has 0 radical (unpaired) electrons. The van der Waals surface area contributed by atoms with Crippen molar-refractivity contribution in [3.8, 4) is 5.75 Å². The molecular weight excluding hydrogens is 276 g/mol. The monoisotopic (exact) mass is 298 g/mol. The second-order valence-electron chi connectivity index (χ2n) is 5.35. The van der Waals surface area contributed by atoms with Crippen LogP contribution >= 0.6 is 12.4 Å². The lowest BCUT2D eigenvalue weighted by Crippen LogP contribution is -2.52. The number of aryl methyl sites for hydroxylation is 1. The lowest BCUT2D eigenvalue weighted by Gasteiger charge is -2.32. The molecule has 0 heterocycles. The second-order valence-corrected chi connectivity index (χ2v) is 5.35. The van der Waals surface area contributed by atoms with Crippen molar-refractivity contribution in [1.29, 1.82) is 0 Å². The molecule has 3 N–H and O–H groups in total. The number of hydrogen-bond acceptors (Lipinski definition) is 3. The summed E-state index contributed by atoms with van der Waals surface area (Å²) >= 11 is 0. The fraction of sp³-hybridized carbons (Fsp3) is 0.533. The van der Waals surface area contributed by atoms with Gasteiger partial charge in [0, 0.05) is 5.69 Å². The highest BCUT2D eigenvalue weighted by Crippen LogP contribution is 2.28. The smallest absolute Gasteiger partial charge is 0.244 e. The summed E-state index contributed by atoms with van der Waals surface area (Å²) in [5.74, 6) is 0.719. The molecule has 20 heavy (non-hydrogen) atoms. The molecule has 1 aromatic rings. The van der Waals surface area contributed by atoms with E-state index in [4.69, 9.17) is 10.5 Å². The van der Waals surface area contributed by atoms with Crippen molar-refractivity contribution in [1.82, 2.24) is 0 Å². The molecule has 0 atom stereocenters. The summed E-state index contributed by atoms with van der Waals surface area (Å²) in [7, 11) is 1.63. The Hall–Kier alpha value is -1.26. The summed E-state index contributed by atoms with van der Waals surface area (Å²) in [6.07, 6.45) is 4.78. The molecule has 5 heteroatoms. The van der Waals surface area contributed by atoms with Gasteiger partial charge in [-0.1, -0.05) is 19.3 Å². The van der Waals surface area contributed by atoms with E-state index in [0.29, 0.717) is 0 Å². The Kier molecular flexibility index (Phi) is 5.84. The number of methoxy groups -OCH3 is 1. The minimum atomic E-state index is -0.704. The van der Waals surface area contributed by atoms with Gasteiger partial charge in [0.05, 0.1) is 12.6 Å². The normalized spacial score (nSPS) is 16.9. The van der Waals surface area contributed by atoms with E-state index in [1.165, 1.54) is 6.42 Å². The number of hydrogen-bond donors (Lipinski definition) is 2. The highest BCUT2D eigenvalue weighted by molar-refractivity contribution is 5.98. The number of anilines is 1. The molecule has 2 rings (SSSR count). The van der Waals surface area contributed by atoms with E-state index >= 15 is 0 Å². The molecule has 0 aliphatic heterocycles. The lowest BCUT2D eigenvalue weighted by atomic mass is 9.82. The Morgan fingerprint density at radius 1 is 1.30 bits per heavy atom. The van der Waals surface area contributed by atoms with Crippen LogP contribution in [0, 0.1) is 6.92 Å². The fourth-order valence-corrected chi connectivity index (χ4v) is 2.56. The molecule has 0 saturated heterocycles. The maximum atomic E-state index is 12.3. The zero-order valence-electron chi connectivity index (χ0n) is 12.1. The van der Waals surface area contributed by atoms with Crippen LogP contribution in [0.4, 0.5) is 5.69 Å². The van der Waals surface area contributed by atoms with Gasteiger partial charge in [-0.25, -0.2) is 0 Å². The van der Waals surface area contributed by atoms with Crippen LogP contribution < -0.4 is 15.8 Å². The molecule has 1 saturated carbocycles. The summed E-state index contributed by atoms with van der Waals surface area (Å²) in [6.45, 7) is 1.95. The number of amides is 1. The molecular formula is C15H23ClN2O2. The minimum Gasteiger partial charge on any atom is -0.497 e. The van der Waals surface area contributed by atoms with E-state index in [1.807, 2.05) is 25.1 Å². The van der Waals surface area contributed by atoms with E-state index in [2.05, 4.69) is 5.32 Å². The average molecular weight is 299 g/mol. The van der Waals surface area contributed by atoms with Gasteiger partial charge in [0.1, 0.15) is 5.75 Å². The van der Waals surface area contributed by atoms with E-state index in [-0.39, 0.29) is 18.3 Å². The molecule has 1 fully saturated rings. The maximum absolute atomic E-state index is 12.3. The van der Waals surface area contributed by atoms with Gasteiger partial charge in [-0.3, -0.25) is 4.79 Å². The molecule has 0 bridgehead atoms. The van der Waals surface area contributed by atoms with Crippen LogP contribution in [0.15, 0.2) is 18.2 Å². The van der Waals surface area contributed by atoms with Crippen molar-refractivity contribution >= 4 is 24.0 Å². The first kappa shape index (κ1) is 16.8. The van der Waals surface area contributed by atoms with Gasteiger partial charge >= 0.3 is 0 Å². The van der Waals surface area contributed by atoms with E-state index in [0.717, 1.165) is 42.7 Å². The summed E-state index contributed by atoms with van der Waals surface area (Å²) in [6, 6.07) is 5.60. The van der Waals surface area contributed by atoms with Gasteiger partial charge in [0.15, 0.2) is 0 Å². The van der Waals surface area contributed by atoms with Gasteiger partial charge in [-0.05, 0) is 43.5 Å². The van der Waals surface area contributed by atoms with Crippen molar-refractivity contribution in [2.75, 3.05) is 12.4 Å². The van der Waals surface area contributed by atoms with Crippen LogP contribution in [0.5, 0.6) is 5.75 Å². The Bertz CT molecular complexity index is 471. The van der Waals surface area contributed by atoms with E-state index in [1.54, 1.807) is 7.11 Å². The van der Waals surface area contributed by atoms with Crippen molar-refractivity contribution in [3.63, 3.8) is 0 Å². The molecule has 4 nitrogen and oxygen atoms in total. The molecule has 1 aliphatic carbocycles. The van der Waals surface area contributed by atoms with Crippen LogP contribution in [-0.2, 0) is 4.79 Å². The molecule has 0 unspecified atom stereocenters. The first-order valence-corrected chi connectivity index (χ1v) is 6.80. The number of rotatable bonds is 3. The summed E-state index contributed by atoms with van der Waals surface area (Å²) in [5.41, 5.74) is 7.30. The number of carbonyl (C=O) groups excluding carboxylic acids is 1. The Labute approximate surface area is 126 Å². The SMILES string of the molecule is COc1ccc(NC(=O)C2(N)CCCCC2)c(C)c1.Cl. The third-order valence-corrected chi connectivity index (χ3v) is 3.88. The van der Waals surface area contributed by atoms with Gasteiger partial charge < -0.3 is 15.8 Å². The van der Waals surface area contributed by atoms with Gasteiger partial charge in [-0.2, -0.15) is 0 Å². The Morgan fingerprint density at radius 3 is 2.50 bits per heavy atom. The summed E-state index contributed by atoms with van der Waals surface area (Å²) < 4.78 is 5.15. The molecule has 0 spiro atoms. The topological polar surface area (TPSA) is 64.3 Å². The number of benzene rings is 1. The highest BCUT2D eigenvalue weighted by Gasteiger charge is 2.35. The minimum absolute atomic E-state index is 0. The largest absolute Gasteiger partial charge is 0.497 e. The molecule has 1 aromatic carbocycles. The van der Waals surface area contributed by atoms with Crippen molar-refractivity contribution in [2.45, 2.75) is 44.6 Å². The number of carbonyl (C=O) groups is 1. The molecule has 0 aromatic heterocycles. The number of nitrogens with two attached hydrogens (primary N) is 1. The molecule has 1 aliphatic rings. The first-order valence-electron chi connectivity index (χ1n) is 6.80. The van der Waals surface area contributed by atoms with Gasteiger partial charge in [0.25, 0.3) is 0 Å². The zero-order chi connectivity index (χ0) is 13.9. The summed E-state index contributed by atoms with van der Waals surface area (Å²) in [5, 5.41) is 2.95. The average Bonchev–Trinajstić information content (AvgIpc) is 2.41. The second kappa shape index (κ2) is 6.95. The third-order valence-electron chi connectivity index (χ3n) is 3.88. The third kappa shape index (κ3) is 3.64. The zero-order valence-corrected chi connectivity index (χ0v) is 12.9. The number of nitrogens with one attached hydrogen (secondary N) is 1. The number of halogens is 1. The Morgan fingerprint density at radius 2 is 1.95 bits per heavy atom.